The van der Waals surface area contributed by atoms with Crippen molar-refractivity contribution in [3.05, 3.63) is 0 Å². The van der Waals surface area contributed by atoms with E-state index in [-0.39, 0.29) is 6.61 Å². The molecule has 1 aromatic rings. The van der Waals surface area contributed by atoms with Gasteiger partial charge in [-0.3, -0.25) is 0 Å². The van der Waals surface area contributed by atoms with Crippen molar-refractivity contribution < 1.29 is 40.6 Å². The summed E-state index contributed by atoms with van der Waals surface area (Å²) in [4.78, 5) is 10.1. The molecule has 0 bridgehead atoms. The van der Waals surface area contributed by atoms with Crippen LogP contribution in [0.2, 0.25) is 0 Å². The molecule has 0 spiro atoms. The molecule has 0 aliphatic carbocycles. The van der Waals surface area contributed by atoms with E-state index in [0.717, 1.165) is 6.42 Å². The third-order valence-electron chi connectivity index (χ3n) is 2.03. The first-order valence-corrected chi connectivity index (χ1v) is 6.37. The average Bonchev–Trinajstić information content (AvgIpc) is 2.42. The van der Waals surface area contributed by atoms with Gasteiger partial charge in [0, 0.05) is 0 Å². The summed E-state index contributed by atoms with van der Waals surface area (Å²) in [6.07, 6.45) is -7.99. The number of halogens is 6. The molecule has 0 fully saturated rings. The maximum atomic E-state index is 12.1. The van der Waals surface area contributed by atoms with Crippen molar-refractivity contribution in [2.24, 2.45) is 0 Å². The number of nitrogens with zero attached hydrogens (tertiary/aromatic N) is 3. The molecule has 0 aliphatic rings. The number of hydrogen-bond donors (Lipinski definition) is 0. The molecule has 1 heterocycles. The van der Waals surface area contributed by atoms with Crippen molar-refractivity contribution >= 4 is 0 Å². The van der Waals surface area contributed by atoms with E-state index in [0.29, 0.717) is 6.42 Å². The Labute approximate surface area is 126 Å². The van der Waals surface area contributed by atoms with Gasteiger partial charge in [0.25, 0.3) is 0 Å². The normalized spacial score (nSPS) is 12.1. The molecule has 23 heavy (non-hydrogen) atoms. The number of hydrogen-bond acceptors (Lipinski definition) is 6. The maximum absolute atomic E-state index is 12.1. The van der Waals surface area contributed by atoms with E-state index in [1.54, 1.807) is 0 Å². The summed E-state index contributed by atoms with van der Waals surface area (Å²) in [5.41, 5.74) is 0. The molecule has 0 aliphatic heterocycles. The summed E-state index contributed by atoms with van der Waals surface area (Å²) in [6, 6.07) is -2.18. The zero-order valence-electron chi connectivity index (χ0n) is 11.9. The predicted octanol–water partition coefficient (Wildman–Crippen LogP) is 2.93. The van der Waals surface area contributed by atoms with E-state index in [9.17, 15) is 26.3 Å². The van der Waals surface area contributed by atoms with Crippen LogP contribution in [0.25, 0.3) is 0 Å². The number of aromatic nitrogens is 3. The second kappa shape index (κ2) is 8.02. The van der Waals surface area contributed by atoms with Crippen LogP contribution in [0, 0.1) is 0 Å². The summed E-state index contributed by atoms with van der Waals surface area (Å²) >= 11 is 0. The fourth-order valence-electron chi connectivity index (χ4n) is 1.11. The highest BCUT2D eigenvalue weighted by Gasteiger charge is 2.31. The summed E-state index contributed by atoms with van der Waals surface area (Å²) in [6.45, 7) is -1.46. The minimum atomic E-state index is -4.66. The average molecular weight is 349 g/mol. The van der Waals surface area contributed by atoms with Crippen molar-refractivity contribution in [1.29, 1.82) is 0 Å². The van der Waals surface area contributed by atoms with Gasteiger partial charge in [-0.15, -0.1) is 15.0 Å². The fraction of sp³-hybridized carbons (Fsp3) is 0.727. The monoisotopic (exact) mass is 349 g/mol. The molecular formula is C11H13F6N3O3. The number of rotatable bonds is 8. The van der Waals surface area contributed by atoms with E-state index in [1.807, 2.05) is 6.92 Å². The van der Waals surface area contributed by atoms with Gasteiger partial charge in [-0.1, -0.05) is 13.3 Å². The van der Waals surface area contributed by atoms with Gasteiger partial charge in [-0.25, -0.2) is 0 Å². The van der Waals surface area contributed by atoms with Crippen molar-refractivity contribution in [3.8, 4) is 18.0 Å². The van der Waals surface area contributed by atoms with E-state index in [1.165, 1.54) is 0 Å². The van der Waals surface area contributed by atoms with Crippen molar-refractivity contribution in [3.63, 3.8) is 0 Å². The van der Waals surface area contributed by atoms with Crippen LogP contribution in [0.4, 0.5) is 26.3 Å². The van der Waals surface area contributed by atoms with Crippen LogP contribution in [0.15, 0.2) is 0 Å². The SMILES string of the molecule is CCCCOc1nc(OCC(F)(F)F)nc(OCC(F)(F)F)n1. The molecule has 1 aromatic heterocycles. The number of unbranched alkanes of at least 4 members (excludes halogenated alkanes) is 1. The highest BCUT2D eigenvalue weighted by atomic mass is 19.4. The Hall–Kier alpha value is -2.01. The highest BCUT2D eigenvalue weighted by molar-refractivity contribution is 5.09. The summed E-state index contributed by atoms with van der Waals surface area (Å²) in [7, 11) is 0. The molecule has 0 unspecified atom stereocenters. The maximum Gasteiger partial charge on any atom is 0.422 e. The van der Waals surface area contributed by atoms with Gasteiger partial charge in [0.15, 0.2) is 13.2 Å². The standard InChI is InChI=1S/C11H13F6N3O3/c1-2-3-4-21-7-18-8(22-5-10(12,13)14)20-9(19-7)23-6-11(15,16)17/h2-6H2,1H3. The van der Waals surface area contributed by atoms with Crippen molar-refractivity contribution in [1.82, 2.24) is 15.0 Å². The van der Waals surface area contributed by atoms with Gasteiger partial charge in [0.1, 0.15) is 0 Å². The molecular weight excluding hydrogens is 336 g/mol. The quantitative estimate of drug-likeness (QED) is 0.531. The molecule has 12 heteroatoms. The zero-order valence-corrected chi connectivity index (χ0v) is 11.9. The van der Waals surface area contributed by atoms with Gasteiger partial charge in [-0.05, 0) is 6.42 Å². The Kier molecular flexibility index (Phi) is 6.63. The Morgan fingerprint density at radius 1 is 0.739 bits per heavy atom. The molecule has 0 aromatic carbocycles. The van der Waals surface area contributed by atoms with E-state index >= 15 is 0 Å². The van der Waals surface area contributed by atoms with E-state index in [2.05, 4.69) is 24.4 Å². The van der Waals surface area contributed by atoms with E-state index < -0.39 is 43.6 Å². The lowest BCUT2D eigenvalue weighted by atomic mass is 10.4. The lowest BCUT2D eigenvalue weighted by Crippen LogP contribution is -2.22. The predicted molar refractivity (Wildman–Crippen MR) is 63.3 cm³/mol. The first-order chi connectivity index (χ1) is 10.6. The van der Waals surface area contributed by atoms with Crippen LogP contribution in [0.1, 0.15) is 19.8 Å². The van der Waals surface area contributed by atoms with E-state index in [4.69, 9.17) is 4.74 Å². The summed E-state index contributed by atoms with van der Waals surface area (Å²) < 4.78 is 86.1. The topological polar surface area (TPSA) is 66.4 Å². The molecule has 0 N–H and O–H groups in total. The van der Waals surface area contributed by atoms with Crippen molar-refractivity contribution in [2.75, 3.05) is 19.8 Å². The second-order valence-corrected chi connectivity index (χ2v) is 4.19. The molecule has 1 rings (SSSR count). The lowest BCUT2D eigenvalue weighted by molar-refractivity contribution is -0.156. The van der Waals surface area contributed by atoms with Crippen LogP contribution in [0.3, 0.4) is 0 Å². The van der Waals surface area contributed by atoms with Crippen LogP contribution >= 0.6 is 0 Å². The van der Waals surface area contributed by atoms with Gasteiger partial charge in [-0.2, -0.15) is 26.3 Å². The van der Waals surface area contributed by atoms with Crippen LogP contribution in [-0.4, -0.2) is 47.1 Å². The Morgan fingerprint density at radius 3 is 1.48 bits per heavy atom. The van der Waals surface area contributed by atoms with Crippen LogP contribution in [-0.2, 0) is 0 Å². The third-order valence-corrected chi connectivity index (χ3v) is 2.03. The minimum Gasteiger partial charge on any atom is -0.463 e. The number of alkyl halides is 6. The molecule has 0 amide bonds. The van der Waals surface area contributed by atoms with Gasteiger partial charge < -0.3 is 14.2 Å². The van der Waals surface area contributed by atoms with Gasteiger partial charge in [0.05, 0.1) is 6.61 Å². The fourth-order valence-corrected chi connectivity index (χ4v) is 1.11. The smallest absolute Gasteiger partial charge is 0.422 e. The molecule has 0 radical (unpaired) electrons. The highest BCUT2D eigenvalue weighted by Crippen LogP contribution is 2.21. The lowest BCUT2D eigenvalue weighted by Gasteiger charge is -2.11. The molecule has 0 saturated carbocycles. The summed E-state index contributed by atoms with van der Waals surface area (Å²) in [5.74, 6) is 0. The van der Waals surface area contributed by atoms with Gasteiger partial charge in [0.2, 0.25) is 0 Å². The molecule has 6 nitrogen and oxygen atoms in total. The largest absolute Gasteiger partial charge is 0.463 e. The first kappa shape index (κ1) is 19.0. The zero-order chi connectivity index (χ0) is 17.5. The second-order valence-electron chi connectivity index (χ2n) is 4.19. The molecule has 0 atom stereocenters. The van der Waals surface area contributed by atoms with Crippen molar-refractivity contribution in [2.45, 2.75) is 32.1 Å². The van der Waals surface area contributed by atoms with Crippen LogP contribution in [0.5, 0.6) is 18.0 Å². The third kappa shape index (κ3) is 8.88. The minimum absolute atomic E-state index is 0.123. The first-order valence-electron chi connectivity index (χ1n) is 6.37. The molecule has 0 saturated heterocycles. The number of ether oxygens (including phenoxy) is 3. The van der Waals surface area contributed by atoms with Crippen LogP contribution < -0.4 is 14.2 Å². The Balaban J connectivity index is 2.83. The summed E-state index contributed by atoms with van der Waals surface area (Å²) in [5, 5.41) is 0. The Bertz CT molecular complexity index is 459. The Morgan fingerprint density at radius 2 is 1.13 bits per heavy atom. The van der Waals surface area contributed by atoms with Gasteiger partial charge >= 0.3 is 30.4 Å². The molecule has 132 valence electrons.